The summed E-state index contributed by atoms with van der Waals surface area (Å²) in [5, 5.41) is 8.33. The fourth-order valence-electron chi connectivity index (χ4n) is 1.16. The van der Waals surface area contributed by atoms with Gasteiger partial charge in [0.1, 0.15) is 0 Å². The summed E-state index contributed by atoms with van der Waals surface area (Å²) in [7, 11) is 0. The molecule has 1 rings (SSSR count). The molecule has 0 aromatic heterocycles. The van der Waals surface area contributed by atoms with Crippen molar-refractivity contribution in [3.8, 4) is 0 Å². The molecule has 1 N–H and O–H groups in total. The van der Waals surface area contributed by atoms with Gasteiger partial charge in [-0.2, -0.15) is 13.2 Å². The van der Waals surface area contributed by atoms with Crippen LogP contribution in [-0.2, 0) is 9.53 Å². The van der Waals surface area contributed by atoms with Crippen molar-refractivity contribution >= 4 is 5.97 Å². The third-order valence-corrected chi connectivity index (χ3v) is 2.35. The lowest BCUT2D eigenvalue weighted by atomic mass is 10.1. The number of hydrogen-bond donors (Lipinski definition) is 1. The van der Waals surface area contributed by atoms with Crippen LogP contribution < -0.4 is 0 Å². The van der Waals surface area contributed by atoms with E-state index in [1.54, 1.807) is 0 Å². The van der Waals surface area contributed by atoms with E-state index in [1.807, 2.05) is 0 Å². The van der Waals surface area contributed by atoms with Crippen molar-refractivity contribution in [2.24, 2.45) is 11.8 Å². The van der Waals surface area contributed by atoms with Gasteiger partial charge in [0, 0.05) is 6.61 Å². The van der Waals surface area contributed by atoms with Crippen LogP contribution in [0.25, 0.3) is 0 Å². The maximum absolute atomic E-state index is 12.1. The highest BCUT2D eigenvalue weighted by molar-refractivity contribution is 5.71. The van der Waals surface area contributed by atoms with Gasteiger partial charge in [-0.25, -0.2) is 0 Å². The van der Waals surface area contributed by atoms with Crippen LogP contribution in [0.4, 0.5) is 13.2 Å². The van der Waals surface area contributed by atoms with Crippen molar-refractivity contribution in [2.75, 3.05) is 13.2 Å². The summed E-state index contributed by atoms with van der Waals surface area (Å²) in [5.41, 5.74) is 0. The second-order valence-corrected chi connectivity index (χ2v) is 3.74. The van der Waals surface area contributed by atoms with E-state index in [9.17, 15) is 18.0 Å². The van der Waals surface area contributed by atoms with Gasteiger partial charge in [0.15, 0.2) is 5.92 Å². The summed E-state index contributed by atoms with van der Waals surface area (Å²) in [6.45, 7) is -0.573. The molecular formula is C9H13F3O3. The monoisotopic (exact) mass is 226 g/mol. The molecule has 0 spiro atoms. The average molecular weight is 226 g/mol. The van der Waals surface area contributed by atoms with Crippen molar-refractivity contribution in [3.05, 3.63) is 0 Å². The Bertz CT molecular complexity index is 223. The Morgan fingerprint density at radius 3 is 2.47 bits per heavy atom. The molecule has 0 aliphatic heterocycles. The molecule has 1 atom stereocenters. The van der Waals surface area contributed by atoms with Gasteiger partial charge >= 0.3 is 12.1 Å². The SMILES string of the molecule is O=C(O)C(COCCC1CC1)C(F)(F)F. The van der Waals surface area contributed by atoms with Crippen LogP contribution in [0.2, 0.25) is 0 Å². The van der Waals surface area contributed by atoms with Crippen molar-refractivity contribution in [2.45, 2.75) is 25.4 Å². The van der Waals surface area contributed by atoms with E-state index in [-0.39, 0.29) is 6.61 Å². The summed E-state index contributed by atoms with van der Waals surface area (Å²) in [4.78, 5) is 10.3. The van der Waals surface area contributed by atoms with Gasteiger partial charge in [0.25, 0.3) is 0 Å². The Kier molecular flexibility index (Phi) is 3.96. The lowest BCUT2D eigenvalue weighted by molar-refractivity contribution is -0.202. The molecule has 1 saturated carbocycles. The first-order chi connectivity index (χ1) is 6.91. The molecule has 0 saturated heterocycles. The van der Waals surface area contributed by atoms with Gasteiger partial charge in [-0.15, -0.1) is 0 Å². The minimum atomic E-state index is -4.73. The highest BCUT2D eigenvalue weighted by Crippen LogP contribution is 2.32. The molecule has 6 heteroatoms. The Hall–Kier alpha value is -0.780. The standard InChI is InChI=1S/C9H13F3O3/c10-9(11,12)7(8(13)14)5-15-4-3-6-1-2-6/h6-7H,1-5H2,(H,13,14). The maximum Gasteiger partial charge on any atom is 0.404 e. The van der Waals surface area contributed by atoms with Crippen LogP contribution in [0.3, 0.4) is 0 Å². The van der Waals surface area contributed by atoms with E-state index < -0.39 is 24.7 Å². The quantitative estimate of drug-likeness (QED) is 0.705. The van der Waals surface area contributed by atoms with E-state index in [4.69, 9.17) is 9.84 Å². The third kappa shape index (κ3) is 4.51. The molecule has 1 aliphatic carbocycles. The zero-order valence-corrected chi connectivity index (χ0v) is 8.09. The van der Waals surface area contributed by atoms with E-state index in [2.05, 4.69) is 0 Å². The second-order valence-electron chi connectivity index (χ2n) is 3.74. The topological polar surface area (TPSA) is 46.5 Å². The molecule has 0 aromatic rings. The number of halogens is 3. The molecule has 3 nitrogen and oxygen atoms in total. The fourth-order valence-corrected chi connectivity index (χ4v) is 1.16. The molecule has 88 valence electrons. The largest absolute Gasteiger partial charge is 0.481 e. The second kappa shape index (κ2) is 4.83. The fraction of sp³-hybridized carbons (Fsp3) is 0.889. The number of alkyl halides is 3. The number of aliphatic carboxylic acids is 1. The van der Waals surface area contributed by atoms with Gasteiger partial charge in [0.2, 0.25) is 0 Å². The lowest BCUT2D eigenvalue weighted by Gasteiger charge is -2.15. The van der Waals surface area contributed by atoms with Crippen LogP contribution in [-0.4, -0.2) is 30.5 Å². The zero-order valence-electron chi connectivity index (χ0n) is 8.09. The summed E-state index contributed by atoms with van der Waals surface area (Å²) in [6, 6.07) is 0. The number of rotatable bonds is 6. The number of carboxylic acid groups (broad SMARTS) is 1. The lowest BCUT2D eigenvalue weighted by Crippen LogP contribution is -2.34. The molecule has 1 unspecified atom stereocenters. The number of carboxylic acids is 1. The molecule has 0 aromatic carbocycles. The van der Waals surface area contributed by atoms with E-state index in [0.29, 0.717) is 5.92 Å². The maximum atomic E-state index is 12.1. The summed E-state index contributed by atoms with van der Waals surface area (Å²) < 4.78 is 41.1. The zero-order chi connectivity index (χ0) is 11.5. The highest BCUT2D eigenvalue weighted by Gasteiger charge is 2.45. The Balaban J connectivity index is 2.21. The number of ether oxygens (including phenoxy) is 1. The molecule has 15 heavy (non-hydrogen) atoms. The minimum absolute atomic E-state index is 0.213. The predicted molar refractivity (Wildman–Crippen MR) is 45.3 cm³/mol. The van der Waals surface area contributed by atoms with Gasteiger partial charge in [0.05, 0.1) is 6.61 Å². The van der Waals surface area contributed by atoms with Crippen LogP contribution in [0.1, 0.15) is 19.3 Å². The molecule has 0 radical (unpaired) electrons. The normalized spacial score (nSPS) is 18.9. The predicted octanol–water partition coefficient (Wildman–Crippen LogP) is 2.07. The first kappa shape index (κ1) is 12.3. The number of hydrogen-bond acceptors (Lipinski definition) is 2. The smallest absolute Gasteiger partial charge is 0.404 e. The van der Waals surface area contributed by atoms with Crippen LogP contribution in [0, 0.1) is 11.8 Å². The van der Waals surface area contributed by atoms with Gasteiger partial charge in [-0.05, 0) is 12.3 Å². The first-order valence-corrected chi connectivity index (χ1v) is 4.78. The first-order valence-electron chi connectivity index (χ1n) is 4.78. The number of carbonyl (C=O) groups is 1. The molecule has 0 amide bonds. The van der Waals surface area contributed by atoms with Crippen molar-refractivity contribution < 1.29 is 27.8 Å². The van der Waals surface area contributed by atoms with E-state index in [1.165, 1.54) is 0 Å². The summed E-state index contributed by atoms with van der Waals surface area (Å²) >= 11 is 0. The van der Waals surface area contributed by atoms with Crippen molar-refractivity contribution in [3.63, 3.8) is 0 Å². The van der Waals surface area contributed by atoms with Gasteiger partial charge in [-0.3, -0.25) is 4.79 Å². The molecule has 0 heterocycles. The average Bonchev–Trinajstić information content (AvgIpc) is 2.84. The van der Waals surface area contributed by atoms with Gasteiger partial charge < -0.3 is 9.84 Å². The van der Waals surface area contributed by atoms with Crippen molar-refractivity contribution in [1.82, 2.24) is 0 Å². The third-order valence-electron chi connectivity index (χ3n) is 2.35. The van der Waals surface area contributed by atoms with Crippen LogP contribution in [0.15, 0.2) is 0 Å². The molecule has 1 aliphatic rings. The van der Waals surface area contributed by atoms with Crippen LogP contribution in [0.5, 0.6) is 0 Å². The highest BCUT2D eigenvalue weighted by atomic mass is 19.4. The summed E-state index contributed by atoms with van der Waals surface area (Å²) in [6.07, 6.45) is -1.80. The van der Waals surface area contributed by atoms with E-state index >= 15 is 0 Å². The Labute approximate surface area is 85.2 Å². The van der Waals surface area contributed by atoms with Crippen molar-refractivity contribution in [1.29, 1.82) is 0 Å². The Morgan fingerprint density at radius 1 is 1.47 bits per heavy atom. The minimum Gasteiger partial charge on any atom is -0.481 e. The molecule has 0 bridgehead atoms. The molecular weight excluding hydrogens is 213 g/mol. The van der Waals surface area contributed by atoms with E-state index in [0.717, 1.165) is 19.3 Å². The molecule has 1 fully saturated rings. The van der Waals surface area contributed by atoms with Crippen LogP contribution >= 0.6 is 0 Å². The Morgan fingerprint density at radius 2 is 2.07 bits per heavy atom. The summed E-state index contributed by atoms with van der Waals surface area (Å²) in [5.74, 6) is -3.72. The van der Waals surface area contributed by atoms with Gasteiger partial charge in [-0.1, -0.05) is 12.8 Å².